The summed E-state index contributed by atoms with van der Waals surface area (Å²) in [5, 5.41) is 12.3. The Morgan fingerprint density at radius 3 is 2.57 bits per heavy atom. The maximum absolute atomic E-state index is 12.4. The summed E-state index contributed by atoms with van der Waals surface area (Å²) in [6.07, 6.45) is 2.15. The van der Waals surface area contributed by atoms with Crippen LogP contribution in [0.3, 0.4) is 0 Å². The Bertz CT molecular complexity index is 571. The standard InChI is InChI=1S/C16H22N2O3/c1-11-6-7-13(10-12(11)2)17-15(21)18-9-5-4-8-16(18,3)14(19)20/h6-7,10H,4-5,8-9H2,1-3H3,(H,17,21)(H,19,20). The van der Waals surface area contributed by atoms with E-state index in [1.54, 1.807) is 6.92 Å². The van der Waals surface area contributed by atoms with Crippen molar-refractivity contribution in [3.8, 4) is 0 Å². The first-order valence-corrected chi connectivity index (χ1v) is 7.24. The summed E-state index contributed by atoms with van der Waals surface area (Å²) < 4.78 is 0. The molecule has 5 nitrogen and oxygen atoms in total. The van der Waals surface area contributed by atoms with Crippen LogP contribution in [0.2, 0.25) is 0 Å². The fourth-order valence-corrected chi connectivity index (χ4v) is 2.68. The molecular formula is C16H22N2O3. The number of carboxylic acids is 1. The number of rotatable bonds is 2. The van der Waals surface area contributed by atoms with Gasteiger partial charge < -0.3 is 15.3 Å². The van der Waals surface area contributed by atoms with Crippen LogP contribution in [-0.2, 0) is 4.79 Å². The Balaban J connectivity index is 2.18. The number of nitrogens with one attached hydrogen (secondary N) is 1. The van der Waals surface area contributed by atoms with Gasteiger partial charge in [-0.2, -0.15) is 0 Å². The van der Waals surface area contributed by atoms with Gasteiger partial charge in [-0.1, -0.05) is 6.07 Å². The van der Waals surface area contributed by atoms with Crippen LogP contribution in [0, 0.1) is 13.8 Å². The molecule has 2 N–H and O–H groups in total. The highest BCUT2D eigenvalue weighted by atomic mass is 16.4. The molecule has 0 spiro atoms. The van der Waals surface area contributed by atoms with Crippen LogP contribution in [-0.4, -0.2) is 34.1 Å². The predicted octanol–water partition coefficient (Wildman–Crippen LogP) is 3.16. The Morgan fingerprint density at radius 2 is 1.95 bits per heavy atom. The minimum absolute atomic E-state index is 0.345. The highest BCUT2D eigenvalue weighted by Gasteiger charge is 2.43. The van der Waals surface area contributed by atoms with E-state index in [2.05, 4.69) is 5.32 Å². The molecule has 1 unspecified atom stereocenters. The highest BCUT2D eigenvalue weighted by Crippen LogP contribution is 2.29. The lowest BCUT2D eigenvalue weighted by atomic mass is 9.89. The molecule has 1 heterocycles. The molecule has 1 saturated heterocycles. The molecule has 0 saturated carbocycles. The van der Waals surface area contributed by atoms with Gasteiger partial charge in [0.1, 0.15) is 5.54 Å². The molecule has 0 aromatic heterocycles. The van der Waals surface area contributed by atoms with Crippen molar-refractivity contribution in [3.63, 3.8) is 0 Å². The van der Waals surface area contributed by atoms with E-state index in [0.29, 0.717) is 18.7 Å². The van der Waals surface area contributed by atoms with Crippen LogP contribution >= 0.6 is 0 Å². The zero-order chi connectivity index (χ0) is 15.6. The molecule has 1 aliphatic heterocycles. The first kappa shape index (κ1) is 15.4. The van der Waals surface area contributed by atoms with Gasteiger partial charge in [0.2, 0.25) is 0 Å². The van der Waals surface area contributed by atoms with Crippen molar-refractivity contribution in [2.75, 3.05) is 11.9 Å². The molecule has 0 radical (unpaired) electrons. The molecule has 5 heteroatoms. The van der Waals surface area contributed by atoms with Crippen LogP contribution < -0.4 is 5.32 Å². The second-order valence-electron chi connectivity index (χ2n) is 5.92. The Hall–Kier alpha value is -2.04. The topological polar surface area (TPSA) is 69.6 Å². The molecule has 2 rings (SSSR count). The van der Waals surface area contributed by atoms with E-state index < -0.39 is 11.5 Å². The highest BCUT2D eigenvalue weighted by molar-refractivity contribution is 5.94. The van der Waals surface area contributed by atoms with Crippen molar-refractivity contribution < 1.29 is 14.7 Å². The summed E-state index contributed by atoms with van der Waals surface area (Å²) in [6, 6.07) is 5.33. The zero-order valence-electron chi connectivity index (χ0n) is 12.8. The average molecular weight is 290 g/mol. The molecule has 1 aromatic rings. The summed E-state index contributed by atoms with van der Waals surface area (Å²) in [5.74, 6) is -0.947. The number of anilines is 1. The molecule has 0 bridgehead atoms. The van der Waals surface area contributed by atoms with Crippen LogP contribution in [0.5, 0.6) is 0 Å². The third kappa shape index (κ3) is 3.01. The Kier molecular flexibility index (Phi) is 4.21. The quantitative estimate of drug-likeness (QED) is 0.879. The molecule has 114 valence electrons. The van der Waals surface area contributed by atoms with Gasteiger partial charge in [-0.25, -0.2) is 9.59 Å². The predicted molar refractivity (Wildman–Crippen MR) is 81.5 cm³/mol. The third-order valence-corrected chi connectivity index (χ3v) is 4.36. The second kappa shape index (κ2) is 5.76. The van der Waals surface area contributed by atoms with E-state index in [9.17, 15) is 14.7 Å². The van der Waals surface area contributed by atoms with Crippen molar-refractivity contribution in [1.82, 2.24) is 4.90 Å². The number of carbonyl (C=O) groups excluding carboxylic acids is 1. The van der Waals surface area contributed by atoms with E-state index in [1.165, 1.54) is 4.90 Å². The number of amides is 2. The molecule has 1 atom stereocenters. The number of benzene rings is 1. The monoisotopic (exact) mass is 290 g/mol. The third-order valence-electron chi connectivity index (χ3n) is 4.36. The number of carboxylic acid groups (broad SMARTS) is 1. The largest absolute Gasteiger partial charge is 0.480 e. The minimum atomic E-state index is -1.12. The van der Waals surface area contributed by atoms with Crippen molar-refractivity contribution in [2.24, 2.45) is 0 Å². The maximum Gasteiger partial charge on any atom is 0.329 e. The Labute approximate surface area is 125 Å². The number of piperidine rings is 1. The number of urea groups is 1. The lowest BCUT2D eigenvalue weighted by molar-refractivity contribution is -0.150. The first-order valence-electron chi connectivity index (χ1n) is 7.24. The number of hydrogen-bond donors (Lipinski definition) is 2. The number of aryl methyl sites for hydroxylation is 2. The summed E-state index contributed by atoms with van der Waals surface area (Å²) in [5.41, 5.74) is 1.82. The van der Waals surface area contributed by atoms with E-state index >= 15 is 0 Å². The summed E-state index contributed by atoms with van der Waals surface area (Å²) in [6.45, 7) is 6.08. The van der Waals surface area contributed by atoms with Crippen molar-refractivity contribution in [2.45, 2.75) is 45.6 Å². The molecule has 2 amide bonds. The number of aliphatic carboxylic acids is 1. The fraction of sp³-hybridized carbons (Fsp3) is 0.500. The lowest BCUT2D eigenvalue weighted by Crippen LogP contribution is -2.58. The summed E-state index contributed by atoms with van der Waals surface area (Å²) in [7, 11) is 0. The van der Waals surface area contributed by atoms with Crippen molar-refractivity contribution in [3.05, 3.63) is 29.3 Å². The molecule has 21 heavy (non-hydrogen) atoms. The van der Waals surface area contributed by atoms with Crippen LogP contribution in [0.1, 0.15) is 37.3 Å². The fourth-order valence-electron chi connectivity index (χ4n) is 2.68. The first-order chi connectivity index (χ1) is 9.84. The van der Waals surface area contributed by atoms with Gasteiger partial charge in [-0.05, 0) is 63.3 Å². The van der Waals surface area contributed by atoms with Gasteiger partial charge in [0.25, 0.3) is 0 Å². The molecule has 0 aliphatic carbocycles. The van der Waals surface area contributed by atoms with Gasteiger partial charge in [-0.3, -0.25) is 0 Å². The average Bonchev–Trinajstić information content (AvgIpc) is 2.43. The molecule has 1 fully saturated rings. The van der Waals surface area contributed by atoms with Gasteiger partial charge >= 0.3 is 12.0 Å². The van der Waals surface area contributed by atoms with Gasteiger partial charge in [0.15, 0.2) is 0 Å². The van der Waals surface area contributed by atoms with Crippen LogP contribution in [0.25, 0.3) is 0 Å². The minimum Gasteiger partial charge on any atom is -0.480 e. The van der Waals surface area contributed by atoms with Crippen molar-refractivity contribution in [1.29, 1.82) is 0 Å². The molecular weight excluding hydrogens is 268 g/mol. The van der Waals surface area contributed by atoms with E-state index in [0.717, 1.165) is 24.0 Å². The molecule has 1 aromatic carbocycles. The van der Waals surface area contributed by atoms with Gasteiger partial charge in [-0.15, -0.1) is 0 Å². The Morgan fingerprint density at radius 1 is 1.24 bits per heavy atom. The van der Waals surface area contributed by atoms with Gasteiger partial charge in [0, 0.05) is 12.2 Å². The number of nitrogens with zero attached hydrogens (tertiary/aromatic N) is 1. The summed E-state index contributed by atoms with van der Waals surface area (Å²) in [4.78, 5) is 25.4. The number of carbonyl (C=O) groups is 2. The lowest BCUT2D eigenvalue weighted by Gasteiger charge is -2.41. The number of hydrogen-bond acceptors (Lipinski definition) is 2. The van der Waals surface area contributed by atoms with E-state index in [-0.39, 0.29) is 6.03 Å². The smallest absolute Gasteiger partial charge is 0.329 e. The molecule has 1 aliphatic rings. The second-order valence-corrected chi connectivity index (χ2v) is 5.92. The van der Waals surface area contributed by atoms with Crippen molar-refractivity contribution >= 4 is 17.7 Å². The van der Waals surface area contributed by atoms with E-state index in [4.69, 9.17) is 0 Å². The number of likely N-dealkylation sites (tertiary alicyclic amines) is 1. The van der Waals surface area contributed by atoms with Crippen LogP contribution in [0.4, 0.5) is 10.5 Å². The SMILES string of the molecule is Cc1ccc(NC(=O)N2CCCCC2(C)C(=O)O)cc1C. The van der Waals surface area contributed by atoms with Crippen LogP contribution in [0.15, 0.2) is 18.2 Å². The van der Waals surface area contributed by atoms with Gasteiger partial charge in [0.05, 0.1) is 0 Å². The summed E-state index contributed by atoms with van der Waals surface area (Å²) >= 11 is 0. The normalized spacial score (nSPS) is 22.0. The maximum atomic E-state index is 12.4. The zero-order valence-corrected chi connectivity index (χ0v) is 12.8. The van der Waals surface area contributed by atoms with E-state index in [1.807, 2.05) is 32.0 Å².